The minimum absolute atomic E-state index is 0.0171. The van der Waals surface area contributed by atoms with Crippen molar-refractivity contribution < 1.29 is 4.79 Å². The van der Waals surface area contributed by atoms with Gasteiger partial charge in [-0.15, -0.1) is 0 Å². The molecule has 0 spiro atoms. The quantitative estimate of drug-likeness (QED) is 0.713. The number of hydrogen-bond acceptors (Lipinski definition) is 2. The number of amides is 1. The Labute approximate surface area is 92.1 Å². The molecule has 0 aliphatic carbocycles. The fraction of sp³-hybridized carbons (Fsp3) is 0.833. The van der Waals surface area contributed by atoms with Crippen LogP contribution in [0.15, 0.2) is 0 Å². The third-order valence-electron chi connectivity index (χ3n) is 3.58. The summed E-state index contributed by atoms with van der Waals surface area (Å²) in [7, 11) is 0. The molecule has 1 saturated heterocycles. The smallest absolute Gasteiger partial charge is 0.242 e. The van der Waals surface area contributed by atoms with Crippen molar-refractivity contribution in [1.29, 1.82) is 5.26 Å². The first-order valence-corrected chi connectivity index (χ1v) is 5.78. The van der Waals surface area contributed by atoms with E-state index in [0.717, 1.165) is 25.9 Å². The first-order chi connectivity index (χ1) is 7.07. The number of nitriles is 1. The van der Waals surface area contributed by atoms with E-state index >= 15 is 0 Å². The summed E-state index contributed by atoms with van der Waals surface area (Å²) in [6.45, 7) is 7.46. The highest BCUT2D eigenvalue weighted by atomic mass is 16.2. The Bertz CT molecular complexity index is 282. The second-order valence-electron chi connectivity index (χ2n) is 4.61. The van der Waals surface area contributed by atoms with Gasteiger partial charge in [0.2, 0.25) is 5.91 Å². The van der Waals surface area contributed by atoms with Crippen LogP contribution in [-0.4, -0.2) is 23.9 Å². The van der Waals surface area contributed by atoms with Gasteiger partial charge in [0, 0.05) is 13.1 Å². The summed E-state index contributed by atoms with van der Waals surface area (Å²) in [6.07, 6.45) is 2.81. The van der Waals surface area contributed by atoms with E-state index in [4.69, 9.17) is 5.26 Å². The zero-order valence-electron chi connectivity index (χ0n) is 9.92. The van der Waals surface area contributed by atoms with Gasteiger partial charge in [0.25, 0.3) is 0 Å². The second kappa shape index (κ2) is 4.65. The molecule has 0 aromatic carbocycles. The van der Waals surface area contributed by atoms with Crippen molar-refractivity contribution >= 4 is 5.91 Å². The van der Waals surface area contributed by atoms with Gasteiger partial charge in [0.15, 0.2) is 0 Å². The number of hydrogen-bond donors (Lipinski definition) is 0. The standard InChI is InChI=1S/C12H20N2O/c1-4-10-6-7-14(8-10)11(15)12(3,5-2)9-13/h10H,4-8H2,1-3H3. The van der Waals surface area contributed by atoms with Gasteiger partial charge in [-0.2, -0.15) is 5.26 Å². The van der Waals surface area contributed by atoms with Crippen LogP contribution in [0.1, 0.15) is 40.0 Å². The lowest BCUT2D eigenvalue weighted by molar-refractivity contribution is -0.137. The number of rotatable bonds is 3. The molecule has 1 aliphatic rings. The molecule has 1 heterocycles. The maximum Gasteiger partial charge on any atom is 0.242 e. The van der Waals surface area contributed by atoms with Gasteiger partial charge in [-0.25, -0.2) is 0 Å². The molecule has 0 aromatic rings. The van der Waals surface area contributed by atoms with Crippen molar-refractivity contribution in [2.45, 2.75) is 40.0 Å². The molecule has 1 amide bonds. The van der Waals surface area contributed by atoms with Crippen molar-refractivity contribution in [3.63, 3.8) is 0 Å². The summed E-state index contributed by atoms with van der Waals surface area (Å²) in [5.74, 6) is 0.650. The number of carbonyl (C=O) groups excluding carboxylic acids is 1. The lowest BCUT2D eigenvalue weighted by Gasteiger charge is -2.25. The van der Waals surface area contributed by atoms with Crippen molar-refractivity contribution in [2.24, 2.45) is 11.3 Å². The third-order valence-corrected chi connectivity index (χ3v) is 3.58. The molecular formula is C12H20N2O. The summed E-state index contributed by atoms with van der Waals surface area (Å²) in [4.78, 5) is 14.0. The molecule has 0 radical (unpaired) electrons. The van der Waals surface area contributed by atoms with Crippen molar-refractivity contribution in [3.8, 4) is 6.07 Å². The first-order valence-electron chi connectivity index (χ1n) is 5.78. The van der Waals surface area contributed by atoms with Gasteiger partial charge in [-0.3, -0.25) is 4.79 Å². The first kappa shape index (κ1) is 12.0. The molecular weight excluding hydrogens is 188 g/mol. The van der Waals surface area contributed by atoms with Gasteiger partial charge < -0.3 is 4.90 Å². The lowest BCUT2D eigenvalue weighted by Crippen LogP contribution is -2.40. The van der Waals surface area contributed by atoms with Gasteiger partial charge in [0.05, 0.1) is 6.07 Å². The monoisotopic (exact) mass is 208 g/mol. The van der Waals surface area contributed by atoms with Crippen LogP contribution in [0.2, 0.25) is 0 Å². The Morgan fingerprint density at radius 2 is 2.27 bits per heavy atom. The van der Waals surface area contributed by atoms with E-state index in [-0.39, 0.29) is 5.91 Å². The fourth-order valence-corrected chi connectivity index (χ4v) is 1.98. The topological polar surface area (TPSA) is 44.1 Å². The molecule has 1 rings (SSSR count). The van der Waals surface area contributed by atoms with Crippen molar-refractivity contribution in [1.82, 2.24) is 4.90 Å². The Morgan fingerprint density at radius 1 is 1.60 bits per heavy atom. The molecule has 3 heteroatoms. The van der Waals surface area contributed by atoms with E-state index in [2.05, 4.69) is 13.0 Å². The third kappa shape index (κ3) is 2.31. The minimum atomic E-state index is -0.817. The van der Waals surface area contributed by atoms with Crippen LogP contribution in [0.3, 0.4) is 0 Å². The Hall–Kier alpha value is -1.04. The summed E-state index contributed by atoms with van der Waals surface area (Å²) in [5.41, 5.74) is -0.817. The van der Waals surface area contributed by atoms with Crippen LogP contribution in [0, 0.1) is 22.7 Å². The van der Waals surface area contributed by atoms with E-state index in [1.54, 1.807) is 6.92 Å². The SMILES string of the molecule is CCC1CCN(C(=O)C(C)(C#N)CC)C1. The second-order valence-corrected chi connectivity index (χ2v) is 4.61. The summed E-state index contributed by atoms with van der Waals surface area (Å²) in [6, 6.07) is 2.15. The maximum atomic E-state index is 12.1. The molecule has 15 heavy (non-hydrogen) atoms. The molecule has 3 nitrogen and oxygen atoms in total. The summed E-state index contributed by atoms with van der Waals surface area (Å²) in [5, 5.41) is 9.04. The van der Waals surface area contributed by atoms with Gasteiger partial charge in [0.1, 0.15) is 5.41 Å². The predicted octanol–water partition coefficient (Wildman–Crippen LogP) is 2.18. The zero-order chi connectivity index (χ0) is 11.5. The van der Waals surface area contributed by atoms with Crippen LogP contribution in [0.25, 0.3) is 0 Å². The molecule has 84 valence electrons. The number of carbonyl (C=O) groups is 1. The summed E-state index contributed by atoms with van der Waals surface area (Å²) >= 11 is 0. The normalized spacial score (nSPS) is 24.7. The number of likely N-dealkylation sites (tertiary alicyclic amines) is 1. The zero-order valence-corrected chi connectivity index (χ0v) is 9.92. The van der Waals surface area contributed by atoms with E-state index in [1.165, 1.54) is 0 Å². The molecule has 0 N–H and O–H groups in total. The van der Waals surface area contributed by atoms with E-state index in [1.807, 2.05) is 11.8 Å². The van der Waals surface area contributed by atoms with E-state index in [0.29, 0.717) is 12.3 Å². The van der Waals surface area contributed by atoms with Crippen LogP contribution in [0.4, 0.5) is 0 Å². The van der Waals surface area contributed by atoms with Crippen LogP contribution in [0.5, 0.6) is 0 Å². The predicted molar refractivity (Wildman–Crippen MR) is 59.0 cm³/mol. The Morgan fingerprint density at radius 3 is 2.67 bits per heavy atom. The molecule has 1 aliphatic heterocycles. The van der Waals surface area contributed by atoms with Gasteiger partial charge in [-0.1, -0.05) is 20.3 Å². The van der Waals surface area contributed by atoms with Crippen molar-refractivity contribution in [3.05, 3.63) is 0 Å². The summed E-state index contributed by atoms with van der Waals surface area (Å²) < 4.78 is 0. The highest BCUT2D eigenvalue weighted by Crippen LogP contribution is 2.27. The molecule has 0 bridgehead atoms. The fourth-order valence-electron chi connectivity index (χ4n) is 1.98. The highest BCUT2D eigenvalue weighted by molar-refractivity contribution is 5.85. The Kier molecular flexibility index (Phi) is 3.73. The number of nitrogens with zero attached hydrogens (tertiary/aromatic N) is 2. The van der Waals surface area contributed by atoms with Crippen LogP contribution < -0.4 is 0 Å². The average molecular weight is 208 g/mol. The average Bonchev–Trinajstić information content (AvgIpc) is 2.75. The van der Waals surface area contributed by atoms with Crippen LogP contribution in [-0.2, 0) is 4.79 Å². The molecule has 1 fully saturated rings. The minimum Gasteiger partial charge on any atom is -0.341 e. The molecule has 0 aromatic heterocycles. The van der Waals surface area contributed by atoms with Crippen LogP contribution >= 0.6 is 0 Å². The lowest BCUT2D eigenvalue weighted by atomic mass is 9.88. The Balaban J connectivity index is 2.67. The highest BCUT2D eigenvalue weighted by Gasteiger charge is 2.37. The van der Waals surface area contributed by atoms with Gasteiger partial charge in [-0.05, 0) is 25.7 Å². The molecule has 0 saturated carbocycles. The van der Waals surface area contributed by atoms with E-state index in [9.17, 15) is 4.79 Å². The molecule has 2 atom stereocenters. The molecule has 2 unspecified atom stereocenters. The van der Waals surface area contributed by atoms with Crippen molar-refractivity contribution in [2.75, 3.05) is 13.1 Å². The maximum absolute atomic E-state index is 12.1. The largest absolute Gasteiger partial charge is 0.341 e. The van der Waals surface area contributed by atoms with Gasteiger partial charge >= 0.3 is 0 Å². The van der Waals surface area contributed by atoms with E-state index < -0.39 is 5.41 Å².